The summed E-state index contributed by atoms with van der Waals surface area (Å²) in [5.41, 5.74) is 10.8. The third-order valence-corrected chi connectivity index (χ3v) is 5.48. The molecule has 0 spiro atoms. The molecule has 7 heteroatoms. The first kappa shape index (κ1) is 18.5. The van der Waals surface area contributed by atoms with Crippen molar-refractivity contribution in [2.45, 2.75) is 26.2 Å². The summed E-state index contributed by atoms with van der Waals surface area (Å²) in [7, 11) is 0. The lowest BCUT2D eigenvalue weighted by atomic mass is 10.0. The van der Waals surface area contributed by atoms with Crippen LogP contribution in [0.15, 0.2) is 36.9 Å². The van der Waals surface area contributed by atoms with E-state index in [1.54, 1.807) is 16.7 Å². The van der Waals surface area contributed by atoms with Crippen LogP contribution in [0.5, 0.6) is 0 Å². The lowest BCUT2D eigenvalue weighted by Crippen LogP contribution is -2.31. The predicted molar refractivity (Wildman–Crippen MR) is 115 cm³/mol. The minimum absolute atomic E-state index is 0.262. The molecule has 28 heavy (non-hydrogen) atoms. The van der Waals surface area contributed by atoms with Gasteiger partial charge in [-0.05, 0) is 31.4 Å². The number of nitrogen functional groups attached to an aromatic ring is 1. The second-order valence-electron chi connectivity index (χ2n) is 6.81. The van der Waals surface area contributed by atoms with Crippen molar-refractivity contribution in [2.75, 3.05) is 23.7 Å². The van der Waals surface area contributed by atoms with Crippen molar-refractivity contribution in [2.24, 2.45) is 0 Å². The van der Waals surface area contributed by atoms with E-state index in [2.05, 4.69) is 45.8 Å². The number of rotatable bonds is 5. The molecule has 0 saturated carbocycles. The molecule has 2 aromatic heterocycles. The number of hydrogen-bond donors (Lipinski definition) is 1. The molecule has 0 radical (unpaired) electrons. The Balaban J connectivity index is 1.64. The van der Waals surface area contributed by atoms with Crippen molar-refractivity contribution >= 4 is 40.0 Å². The Labute approximate surface area is 169 Å². The van der Waals surface area contributed by atoms with Crippen molar-refractivity contribution < 1.29 is 0 Å². The summed E-state index contributed by atoms with van der Waals surface area (Å²) < 4.78 is 1.57. The highest BCUT2D eigenvalue weighted by Gasteiger charge is 2.19. The number of benzene rings is 1. The fraction of sp³-hybridized carbons (Fsp3) is 0.286. The number of aromatic nitrogens is 4. The second-order valence-corrected chi connectivity index (χ2v) is 7.21. The average Bonchev–Trinajstić information content (AvgIpc) is 3.16. The highest BCUT2D eigenvalue weighted by molar-refractivity contribution is 6.48. The van der Waals surface area contributed by atoms with Gasteiger partial charge in [0.2, 0.25) is 5.95 Å². The number of hydrogen-bond acceptors (Lipinski definition) is 5. The number of nitrogens with zero attached hydrogens (tertiary/aromatic N) is 5. The van der Waals surface area contributed by atoms with Crippen LogP contribution in [-0.4, -0.2) is 32.7 Å². The van der Waals surface area contributed by atoms with E-state index in [0.717, 1.165) is 43.7 Å². The van der Waals surface area contributed by atoms with Crippen molar-refractivity contribution in [3.05, 3.63) is 59.6 Å². The number of fused-ring (bicyclic) bond motifs is 2. The lowest BCUT2D eigenvalue weighted by molar-refractivity contribution is 0.677. The van der Waals surface area contributed by atoms with Crippen LogP contribution in [0.4, 0.5) is 11.6 Å². The zero-order valence-corrected chi connectivity index (χ0v) is 16.7. The van der Waals surface area contributed by atoms with Gasteiger partial charge in [0.1, 0.15) is 0 Å². The second kappa shape index (κ2) is 7.64. The molecule has 144 valence electrons. The Hall–Kier alpha value is -2.86. The van der Waals surface area contributed by atoms with Gasteiger partial charge in [0, 0.05) is 30.8 Å². The van der Waals surface area contributed by atoms with Gasteiger partial charge in [0.15, 0.2) is 11.5 Å². The third-order valence-electron chi connectivity index (χ3n) is 5.09. The Bertz CT molecular complexity index is 1070. The largest absolute Gasteiger partial charge is 0.371 e. The smallest absolute Gasteiger partial charge is 0.223 e. The summed E-state index contributed by atoms with van der Waals surface area (Å²) in [6.07, 6.45) is 6.50. The molecule has 3 heterocycles. The Morgan fingerprint density at radius 1 is 1.32 bits per heavy atom. The molecule has 1 aromatic carbocycles. The van der Waals surface area contributed by atoms with Crippen LogP contribution >= 0.6 is 11.6 Å². The molecule has 4 rings (SSSR count). The first-order valence-electron chi connectivity index (χ1n) is 9.45. The Kier molecular flexibility index (Phi) is 5.05. The molecule has 0 bridgehead atoms. The number of halogens is 1. The van der Waals surface area contributed by atoms with E-state index in [9.17, 15) is 0 Å². The third kappa shape index (κ3) is 3.24. The van der Waals surface area contributed by atoms with E-state index in [0.29, 0.717) is 16.4 Å². The summed E-state index contributed by atoms with van der Waals surface area (Å²) in [5.74, 6) is 0.992. The van der Waals surface area contributed by atoms with Gasteiger partial charge >= 0.3 is 0 Å². The quantitative estimate of drug-likeness (QED) is 0.709. The van der Waals surface area contributed by atoms with Crippen LogP contribution in [0.25, 0.3) is 16.8 Å². The molecule has 0 unspecified atom stereocenters. The maximum Gasteiger partial charge on any atom is 0.223 e. The molecule has 0 fully saturated rings. The molecular formula is C21H23ClN6. The predicted octanol–water partition coefficient (Wildman–Crippen LogP) is 3.94. The molecule has 0 amide bonds. The first-order valence-corrected chi connectivity index (χ1v) is 9.82. The summed E-state index contributed by atoms with van der Waals surface area (Å²) in [6, 6.07) is 8.59. The average molecular weight is 395 g/mol. The van der Waals surface area contributed by atoms with Crippen molar-refractivity contribution in [3.8, 4) is 0 Å². The number of aryl methyl sites for hydroxylation is 1. The van der Waals surface area contributed by atoms with E-state index < -0.39 is 0 Å². The fourth-order valence-electron chi connectivity index (χ4n) is 3.71. The maximum atomic E-state index is 6.30. The standard InChI is InChI=1S/C21H23ClN6/c1-3-15-19(16(22)4-2)25-21(23)28-20(15)24-18(26-28)11-13-27-12-7-9-14-8-5-6-10-17(14)27/h3-6,8,10H,1,7,9,11-13H2,2H3,(H2,23,25)/b16-4+. The van der Waals surface area contributed by atoms with E-state index in [1.807, 2.05) is 6.92 Å². The molecular weight excluding hydrogens is 372 g/mol. The lowest BCUT2D eigenvalue weighted by Gasteiger charge is -2.30. The minimum Gasteiger partial charge on any atom is -0.371 e. The molecule has 0 atom stereocenters. The highest BCUT2D eigenvalue weighted by atomic mass is 35.5. The zero-order valence-electron chi connectivity index (χ0n) is 15.9. The number of nitrogens with two attached hydrogens (primary N) is 1. The van der Waals surface area contributed by atoms with Crippen LogP contribution in [0, 0.1) is 0 Å². The van der Waals surface area contributed by atoms with Gasteiger partial charge in [0.25, 0.3) is 0 Å². The number of para-hydroxylation sites is 1. The van der Waals surface area contributed by atoms with E-state index in [-0.39, 0.29) is 5.95 Å². The molecule has 0 saturated heterocycles. The van der Waals surface area contributed by atoms with Gasteiger partial charge in [0.05, 0.1) is 10.7 Å². The van der Waals surface area contributed by atoms with Crippen LogP contribution in [-0.2, 0) is 12.8 Å². The zero-order chi connectivity index (χ0) is 19.7. The highest BCUT2D eigenvalue weighted by Crippen LogP contribution is 2.28. The first-order chi connectivity index (χ1) is 13.6. The maximum absolute atomic E-state index is 6.30. The summed E-state index contributed by atoms with van der Waals surface area (Å²) in [6.45, 7) is 7.64. The van der Waals surface area contributed by atoms with Crippen molar-refractivity contribution in [3.63, 3.8) is 0 Å². The van der Waals surface area contributed by atoms with Gasteiger partial charge in [-0.2, -0.15) is 4.52 Å². The van der Waals surface area contributed by atoms with E-state index in [1.165, 1.54) is 11.3 Å². The minimum atomic E-state index is 0.262. The normalized spacial score (nSPS) is 14.4. The molecule has 0 aliphatic carbocycles. The summed E-state index contributed by atoms with van der Waals surface area (Å²) >= 11 is 6.30. The monoisotopic (exact) mass is 394 g/mol. The molecule has 2 N–H and O–H groups in total. The van der Waals surface area contributed by atoms with Crippen LogP contribution < -0.4 is 10.6 Å². The number of allylic oxidation sites excluding steroid dienone is 1. The Morgan fingerprint density at radius 2 is 2.14 bits per heavy atom. The van der Waals surface area contributed by atoms with Crippen LogP contribution in [0.3, 0.4) is 0 Å². The van der Waals surface area contributed by atoms with Crippen molar-refractivity contribution in [1.82, 2.24) is 19.6 Å². The van der Waals surface area contributed by atoms with E-state index >= 15 is 0 Å². The molecule has 6 nitrogen and oxygen atoms in total. The topological polar surface area (TPSA) is 72.3 Å². The summed E-state index contributed by atoms with van der Waals surface area (Å²) in [4.78, 5) is 11.5. The van der Waals surface area contributed by atoms with Gasteiger partial charge in [-0.1, -0.05) is 48.5 Å². The van der Waals surface area contributed by atoms with Gasteiger partial charge in [-0.3, -0.25) is 0 Å². The van der Waals surface area contributed by atoms with Crippen LogP contribution in [0.1, 0.15) is 36.0 Å². The van der Waals surface area contributed by atoms with Gasteiger partial charge < -0.3 is 10.6 Å². The van der Waals surface area contributed by atoms with Gasteiger partial charge in [-0.25, -0.2) is 9.97 Å². The van der Waals surface area contributed by atoms with E-state index in [4.69, 9.17) is 22.3 Å². The number of anilines is 2. The SMILES string of the molecule is C=Cc1c(/C(Cl)=C\C)nc(N)n2nc(CCN3CCCc4ccccc43)nc12. The molecule has 1 aliphatic heterocycles. The summed E-state index contributed by atoms with van der Waals surface area (Å²) in [5, 5.41) is 5.08. The fourth-order valence-corrected chi connectivity index (χ4v) is 3.85. The van der Waals surface area contributed by atoms with Crippen molar-refractivity contribution in [1.29, 1.82) is 0 Å². The van der Waals surface area contributed by atoms with Crippen LogP contribution in [0.2, 0.25) is 0 Å². The molecule has 1 aliphatic rings. The molecule has 3 aromatic rings. The van der Waals surface area contributed by atoms with Gasteiger partial charge in [-0.15, -0.1) is 5.10 Å². The Morgan fingerprint density at radius 3 is 2.93 bits per heavy atom.